The fraction of sp³-hybridized carbons (Fsp3) is 0.273. The summed E-state index contributed by atoms with van der Waals surface area (Å²) in [6.45, 7) is 2.24. The van der Waals surface area contributed by atoms with Crippen LogP contribution in [0.3, 0.4) is 0 Å². The summed E-state index contributed by atoms with van der Waals surface area (Å²) < 4.78 is 5.41. The molecule has 1 amide bonds. The van der Waals surface area contributed by atoms with Gasteiger partial charge in [-0.2, -0.15) is 0 Å². The molecule has 0 bridgehead atoms. The first kappa shape index (κ1) is 22.4. The molecule has 8 heteroatoms. The average Bonchev–Trinajstić information content (AvgIpc) is 3.06. The molecule has 3 rings (SSSR count). The number of carbonyl (C=O) groups is 1. The number of amidine groups is 1. The predicted molar refractivity (Wildman–Crippen MR) is 122 cm³/mol. The van der Waals surface area contributed by atoms with Crippen molar-refractivity contribution in [3.63, 3.8) is 0 Å². The van der Waals surface area contributed by atoms with Gasteiger partial charge >= 0.3 is 0 Å². The molecule has 2 N–H and O–H groups in total. The summed E-state index contributed by atoms with van der Waals surface area (Å²) in [6, 6.07) is 14.6. The van der Waals surface area contributed by atoms with E-state index in [1.165, 1.54) is 11.8 Å². The van der Waals surface area contributed by atoms with E-state index in [4.69, 9.17) is 21.4 Å². The quantitative estimate of drug-likeness (QED) is 0.600. The van der Waals surface area contributed by atoms with Crippen molar-refractivity contribution >= 4 is 46.2 Å². The van der Waals surface area contributed by atoms with Crippen LogP contribution in [0, 0.1) is 0 Å². The average molecular weight is 447 g/mol. The number of aliphatic imine (C=N–C) groups is 1. The highest BCUT2D eigenvalue weighted by Gasteiger charge is 2.34. The van der Waals surface area contributed by atoms with Crippen molar-refractivity contribution in [2.45, 2.75) is 19.4 Å². The molecule has 30 heavy (non-hydrogen) atoms. The third kappa shape index (κ3) is 5.43. The maximum absolute atomic E-state index is 13.1. The van der Waals surface area contributed by atoms with E-state index in [9.17, 15) is 9.90 Å². The van der Waals surface area contributed by atoms with E-state index in [1.54, 1.807) is 29.2 Å². The minimum Gasteiger partial charge on any atom is -0.489 e. The molecule has 1 atom stereocenters. The SMILES string of the molecule is CCCN=C1SC(=Cc2ccc(OC[C@H](O)CO)c(Cl)c2)C(=O)N1c1ccccc1. The van der Waals surface area contributed by atoms with Gasteiger partial charge in [-0.1, -0.05) is 42.8 Å². The van der Waals surface area contributed by atoms with Gasteiger partial charge in [0.1, 0.15) is 18.5 Å². The number of para-hydroxylation sites is 1. The second-order valence-electron chi connectivity index (χ2n) is 6.59. The van der Waals surface area contributed by atoms with Crippen molar-refractivity contribution in [3.05, 3.63) is 64.0 Å². The Bertz CT molecular complexity index is 949. The molecular weight excluding hydrogens is 424 g/mol. The number of hydrogen-bond donors (Lipinski definition) is 2. The Morgan fingerprint density at radius 2 is 2.03 bits per heavy atom. The molecule has 1 heterocycles. The van der Waals surface area contributed by atoms with E-state index in [-0.39, 0.29) is 19.1 Å². The van der Waals surface area contributed by atoms with Crippen molar-refractivity contribution in [1.82, 2.24) is 0 Å². The van der Waals surface area contributed by atoms with Gasteiger partial charge in [0, 0.05) is 6.54 Å². The van der Waals surface area contributed by atoms with E-state index in [0.717, 1.165) is 17.7 Å². The van der Waals surface area contributed by atoms with Gasteiger partial charge in [0.05, 0.1) is 22.2 Å². The summed E-state index contributed by atoms with van der Waals surface area (Å²) in [5, 5.41) is 19.3. The number of anilines is 1. The smallest absolute Gasteiger partial charge is 0.271 e. The monoisotopic (exact) mass is 446 g/mol. The molecule has 0 aliphatic carbocycles. The van der Waals surface area contributed by atoms with Gasteiger partial charge < -0.3 is 14.9 Å². The number of carbonyl (C=O) groups excluding carboxylic acids is 1. The number of rotatable bonds is 8. The van der Waals surface area contributed by atoms with Crippen molar-refractivity contribution < 1.29 is 19.7 Å². The number of halogens is 1. The van der Waals surface area contributed by atoms with Crippen molar-refractivity contribution in [2.24, 2.45) is 4.99 Å². The lowest BCUT2D eigenvalue weighted by Gasteiger charge is -2.15. The number of nitrogens with zero attached hydrogens (tertiary/aromatic N) is 2. The Morgan fingerprint density at radius 1 is 1.27 bits per heavy atom. The summed E-state index contributed by atoms with van der Waals surface area (Å²) in [5.74, 6) is 0.261. The van der Waals surface area contributed by atoms with Crippen molar-refractivity contribution in [2.75, 3.05) is 24.7 Å². The summed E-state index contributed by atoms with van der Waals surface area (Å²) >= 11 is 7.61. The number of thioether (sulfide) groups is 1. The zero-order valence-corrected chi connectivity index (χ0v) is 18.1. The maximum Gasteiger partial charge on any atom is 0.271 e. The zero-order valence-electron chi connectivity index (χ0n) is 16.5. The Labute approximate surface area is 184 Å². The van der Waals surface area contributed by atoms with E-state index in [2.05, 4.69) is 4.99 Å². The van der Waals surface area contributed by atoms with Gasteiger partial charge in [-0.25, -0.2) is 0 Å². The van der Waals surface area contributed by atoms with Crippen LogP contribution in [0.1, 0.15) is 18.9 Å². The first-order valence-electron chi connectivity index (χ1n) is 9.58. The lowest BCUT2D eigenvalue weighted by molar-refractivity contribution is -0.113. The Hall–Kier alpha value is -2.32. The Kier molecular flexibility index (Phi) is 7.93. The van der Waals surface area contributed by atoms with Crippen LogP contribution in [0.15, 0.2) is 58.4 Å². The normalized spacial score (nSPS) is 17.7. The Morgan fingerprint density at radius 3 is 2.70 bits per heavy atom. The molecule has 1 aliphatic rings. The van der Waals surface area contributed by atoms with Crippen LogP contribution in [-0.2, 0) is 4.79 Å². The largest absolute Gasteiger partial charge is 0.489 e. The highest BCUT2D eigenvalue weighted by atomic mass is 35.5. The molecule has 0 saturated carbocycles. The molecule has 1 fully saturated rings. The lowest BCUT2D eigenvalue weighted by Crippen LogP contribution is -2.28. The molecule has 1 saturated heterocycles. The molecule has 0 unspecified atom stereocenters. The number of aliphatic hydroxyl groups excluding tert-OH is 2. The van der Waals surface area contributed by atoms with Crippen molar-refractivity contribution in [1.29, 1.82) is 0 Å². The van der Waals surface area contributed by atoms with Crippen LogP contribution in [0.4, 0.5) is 5.69 Å². The van der Waals surface area contributed by atoms with Crippen LogP contribution in [-0.4, -0.2) is 47.2 Å². The lowest BCUT2D eigenvalue weighted by atomic mass is 10.2. The fourth-order valence-electron chi connectivity index (χ4n) is 2.71. The number of amides is 1. The number of aliphatic hydroxyl groups is 2. The molecule has 0 radical (unpaired) electrons. The number of ether oxygens (including phenoxy) is 1. The van der Waals surface area contributed by atoms with E-state index < -0.39 is 6.10 Å². The number of hydrogen-bond acceptors (Lipinski definition) is 6. The van der Waals surface area contributed by atoms with E-state index in [0.29, 0.717) is 27.4 Å². The summed E-state index contributed by atoms with van der Waals surface area (Å²) in [7, 11) is 0. The molecule has 1 aliphatic heterocycles. The molecule has 2 aromatic rings. The van der Waals surface area contributed by atoms with Gasteiger partial charge in [0.25, 0.3) is 5.91 Å². The second kappa shape index (κ2) is 10.6. The third-order valence-corrected chi connectivity index (χ3v) is 5.49. The maximum atomic E-state index is 13.1. The molecule has 0 spiro atoms. The summed E-state index contributed by atoms with van der Waals surface area (Å²) in [5.41, 5.74) is 1.52. The first-order valence-corrected chi connectivity index (χ1v) is 10.8. The zero-order chi connectivity index (χ0) is 21.5. The molecule has 0 aromatic heterocycles. The molecule has 6 nitrogen and oxygen atoms in total. The van der Waals surface area contributed by atoms with Crippen LogP contribution < -0.4 is 9.64 Å². The van der Waals surface area contributed by atoms with Gasteiger partial charge in [-0.3, -0.25) is 14.7 Å². The Balaban J connectivity index is 1.84. The minimum absolute atomic E-state index is 0.0612. The molecular formula is C22H23ClN2O4S. The minimum atomic E-state index is -0.972. The van der Waals surface area contributed by atoms with Crippen molar-refractivity contribution in [3.8, 4) is 5.75 Å². The van der Waals surface area contributed by atoms with Gasteiger partial charge in [-0.05, 0) is 54.1 Å². The second-order valence-corrected chi connectivity index (χ2v) is 8.00. The summed E-state index contributed by atoms with van der Waals surface area (Å²) in [6.07, 6.45) is 1.69. The summed E-state index contributed by atoms with van der Waals surface area (Å²) in [4.78, 5) is 19.8. The van der Waals surface area contributed by atoms with E-state index in [1.807, 2.05) is 37.3 Å². The van der Waals surface area contributed by atoms with Crippen LogP contribution in [0.5, 0.6) is 5.75 Å². The standard InChI is InChI=1S/C22H23ClN2O4S/c1-2-10-24-22-25(16-6-4-3-5-7-16)21(28)20(30-22)12-15-8-9-19(18(23)11-15)29-14-17(27)13-26/h3-9,11-12,17,26-27H,2,10,13-14H2,1H3/t17-/m1/s1. The molecule has 2 aromatic carbocycles. The van der Waals surface area contributed by atoms with Crippen LogP contribution in [0.2, 0.25) is 5.02 Å². The van der Waals surface area contributed by atoms with Gasteiger partial charge in [0.15, 0.2) is 5.17 Å². The fourth-order valence-corrected chi connectivity index (χ4v) is 3.95. The topological polar surface area (TPSA) is 82.4 Å². The van der Waals surface area contributed by atoms with Crippen LogP contribution in [0.25, 0.3) is 6.08 Å². The van der Waals surface area contributed by atoms with Gasteiger partial charge in [0.2, 0.25) is 0 Å². The predicted octanol–water partition coefficient (Wildman–Crippen LogP) is 3.96. The number of benzene rings is 2. The van der Waals surface area contributed by atoms with Gasteiger partial charge in [-0.15, -0.1) is 0 Å². The van der Waals surface area contributed by atoms with Crippen LogP contribution >= 0.6 is 23.4 Å². The molecule has 158 valence electrons. The highest BCUT2D eigenvalue weighted by molar-refractivity contribution is 8.19. The first-order chi connectivity index (χ1) is 14.5. The van der Waals surface area contributed by atoms with E-state index >= 15 is 0 Å². The third-order valence-electron chi connectivity index (χ3n) is 4.19. The highest BCUT2D eigenvalue weighted by Crippen LogP contribution is 2.36.